The summed E-state index contributed by atoms with van der Waals surface area (Å²) in [7, 11) is 0. The topological polar surface area (TPSA) is 70.9 Å². The molecule has 0 radical (unpaired) electrons. The van der Waals surface area contributed by atoms with Crippen LogP contribution in [-0.4, -0.2) is 24.8 Å². The number of rotatable bonds is 4. The monoisotopic (exact) mass is 382 g/mol. The molecule has 0 aliphatic carbocycles. The van der Waals surface area contributed by atoms with Crippen LogP contribution in [-0.2, 0) is 6.54 Å². The van der Waals surface area contributed by atoms with Gasteiger partial charge in [0.1, 0.15) is 5.69 Å². The van der Waals surface area contributed by atoms with E-state index >= 15 is 0 Å². The summed E-state index contributed by atoms with van der Waals surface area (Å²) in [6, 6.07) is 8.48. The molecule has 0 aliphatic heterocycles. The van der Waals surface area contributed by atoms with Crippen LogP contribution in [0.2, 0.25) is 0 Å². The highest BCUT2D eigenvalue weighted by Crippen LogP contribution is 2.27. The molecular weight excluding hydrogens is 360 g/mol. The Morgan fingerprint density at radius 1 is 1.11 bits per heavy atom. The van der Waals surface area contributed by atoms with Gasteiger partial charge in [-0.15, -0.1) is 17.5 Å². The van der Waals surface area contributed by atoms with Gasteiger partial charge in [-0.2, -0.15) is 0 Å². The second-order valence-corrected chi connectivity index (χ2v) is 6.70. The van der Waals surface area contributed by atoms with E-state index in [0.717, 1.165) is 40.5 Å². The number of hydrogen-bond donors (Lipinski definition) is 2. The van der Waals surface area contributed by atoms with Gasteiger partial charge in [0.25, 0.3) is 0 Å². The zero-order valence-electron chi connectivity index (χ0n) is 15.9. The number of fused-ring (bicyclic) bond motifs is 1. The highest BCUT2D eigenvalue weighted by molar-refractivity contribution is 5.85. The van der Waals surface area contributed by atoms with Crippen molar-refractivity contribution >= 4 is 23.7 Å². The lowest BCUT2D eigenvalue weighted by Gasteiger charge is -2.14. The first-order chi connectivity index (χ1) is 12.5. The lowest BCUT2D eigenvalue weighted by atomic mass is 10.0. The van der Waals surface area contributed by atoms with Crippen molar-refractivity contribution in [2.75, 3.05) is 5.32 Å². The highest BCUT2D eigenvalue weighted by Gasteiger charge is 2.13. The van der Waals surface area contributed by atoms with Crippen molar-refractivity contribution in [2.24, 2.45) is 0 Å². The second kappa shape index (κ2) is 7.40. The molecule has 0 amide bonds. The van der Waals surface area contributed by atoms with Gasteiger partial charge in [0.15, 0.2) is 5.65 Å². The van der Waals surface area contributed by atoms with Crippen molar-refractivity contribution < 1.29 is 0 Å². The predicted octanol–water partition coefficient (Wildman–Crippen LogP) is 4.39. The SMILES string of the molecule is Cc1cccc(C)c1CNc1cc(-c2c[nH]nn2)cn2c(C)c(C)nc12.Cl. The number of pyridine rings is 1. The van der Waals surface area contributed by atoms with Crippen LogP contribution >= 0.6 is 12.4 Å². The summed E-state index contributed by atoms with van der Waals surface area (Å²) < 4.78 is 2.12. The first-order valence-electron chi connectivity index (χ1n) is 8.69. The molecule has 0 fully saturated rings. The number of aryl methyl sites for hydroxylation is 4. The molecule has 3 aromatic heterocycles. The number of anilines is 1. The van der Waals surface area contributed by atoms with Crippen LogP contribution in [0.4, 0.5) is 5.69 Å². The quantitative estimate of drug-likeness (QED) is 0.549. The average molecular weight is 383 g/mol. The number of imidazole rings is 1. The minimum absolute atomic E-state index is 0. The molecule has 6 nitrogen and oxygen atoms in total. The maximum absolute atomic E-state index is 4.75. The largest absolute Gasteiger partial charge is 0.378 e. The molecule has 140 valence electrons. The summed E-state index contributed by atoms with van der Waals surface area (Å²) >= 11 is 0. The summed E-state index contributed by atoms with van der Waals surface area (Å²) in [5.41, 5.74) is 9.77. The van der Waals surface area contributed by atoms with Gasteiger partial charge in [-0.25, -0.2) is 4.98 Å². The first-order valence-corrected chi connectivity index (χ1v) is 8.69. The Morgan fingerprint density at radius 3 is 2.52 bits per heavy atom. The molecule has 7 heteroatoms. The first kappa shape index (κ1) is 18.9. The summed E-state index contributed by atoms with van der Waals surface area (Å²) in [6.45, 7) is 9.16. The fourth-order valence-corrected chi connectivity index (χ4v) is 3.30. The standard InChI is InChI=1S/C20H22N6.ClH/c1-12-6-5-7-13(2)17(12)9-21-18-8-16(19-10-22-25-24-19)11-26-15(4)14(3)23-20(18)26;/h5-8,10-11,21H,9H2,1-4H3,(H,22,24,25);1H. The Morgan fingerprint density at radius 2 is 1.85 bits per heavy atom. The Bertz CT molecular complexity index is 1060. The third-order valence-corrected chi connectivity index (χ3v) is 5.01. The predicted molar refractivity (Wildman–Crippen MR) is 111 cm³/mol. The minimum Gasteiger partial charge on any atom is -0.378 e. The molecule has 3 heterocycles. The Labute approximate surface area is 164 Å². The van der Waals surface area contributed by atoms with Crippen LogP contribution in [0.25, 0.3) is 16.9 Å². The number of nitrogens with one attached hydrogen (secondary N) is 2. The average Bonchev–Trinajstić information content (AvgIpc) is 3.24. The fourth-order valence-electron chi connectivity index (χ4n) is 3.30. The van der Waals surface area contributed by atoms with E-state index in [1.54, 1.807) is 6.20 Å². The maximum atomic E-state index is 4.75. The van der Waals surface area contributed by atoms with Gasteiger partial charge in [-0.1, -0.05) is 23.4 Å². The fraction of sp³-hybridized carbons (Fsp3) is 0.250. The van der Waals surface area contributed by atoms with E-state index < -0.39 is 0 Å². The number of H-pyrrole nitrogens is 1. The van der Waals surface area contributed by atoms with Crippen molar-refractivity contribution in [2.45, 2.75) is 34.2 Å². The van der Waals surface area contributed by atoms with Crippen molar-refractivity contribution in [1.82, 2.24) is 24.8 Å². The minimum atomic E-state index is 0. The molecule has 0 spiro atoms. The highest BCUT2D eigenvalue weighted by atomic mass is 35.5. The van der Waals surface area contributed by atoms with Crippen LogP contribution in [0.5, 0.6) is 0 Å². The Kier molecular flexibility index (Phi) is 5.19. The number of aromatic nitrogens is 5. The van der Waals surface area contributed by atoms with Crippen LogP contribution in [0.3, 0.4) is 0 Å². The van der Waals surface area contributed by atoms with Gasteiger partial charge in [-0.05, 0) is 50.5 Å². The molecule has 0 saturated carbocycles. The summed E-state index contributed by atoms with van der Waals surface area (Å²) in [4.78, 5) is 4.75. The summed E-state index contributed by atoms with van der Waals surface area (Å²) in [6.07, 6.45) is 3.86. The van der Waals surface area contributed by atoms with E-state index in [1.807, 2.05) is 6.92 Å². The molecule has 0 saturated heterocycles. The molecule has 27 heavy (non-hydrogen) atoms. The molecule has 4 aromatic rings. The van der Waals surface area contributed by atoms with E-state index in [1.165, 1.54) is 16.7 Å². The molecule has 0 atom stereocenters. The molecule has 0 bridgehead atoms. The zero-order valence-corrected chi connectivity index (χ0v) is 16.7. The van der Waals surface area contributed by atoms with E-state index in [4.69, 9.17) is 4.98 Å². The third-order valence-electron chi connectivity index (χ3n) is 5.01. The number of hydrogen-bond acceptors (Lipinski definition) is 4. The Balaban J connectivity index is 0.00000210. The van der Waals surface area contributed by atoms with Gasteiger partial charge in [0.2, 0.25) is 0 Å². The van der Waals surface area contributed by atoms with Crippen LogP contribution < -0.4 is 5.32 Å². The van der Waals surface area contributed by atoms with Gasteiger partial charge < -0.3 is 9.72 Å². The van der Waals surface area contributed by atoms with Crippen molar-refractivity contribution in [3.8, 4) is 11.3 Å². The summed E-state index contributed by atoms with van der Waals surface area (Å²) in [5.74, 6) is 0. The van der Waals surface area contributed by atoms with Gasteiger partial charge in [0.05, 0.1) is 17.6 Å². The van der Waals surface area contributed by atoms with Crippen LogP contribution in [0.15, 0.2) is 36.7 Å². The third kappa shape index (κ3) is 3.40. The molecule has 0 unspecified atom stereocenters. The van der Waals surface area contributed by atoms with E-state index in [0.29, 0.717) is 0 Å². The van der Waals surface area contributed by atoms with Gasteiger partial charge in [0, 0.05) is 24.0 Å². The van der Waals surface area contributed by atoms with Gasteiger partial charge in [-0.3, -0.25) is 5.10 Å². The molecule has 2 N–H and O–H groups in total. The lowest BCUT2D eigenvalue weighted by molar-refractivity contribution is 0.941. The Hall–Kier alpha value is -2.86. The molecule has 0 aliphatic rings. The van der Waals surface area contributed by atoms with Gasteiger partial charge >= 0.3 is 0 Å². The number of halogens is 1. The van der Waals surface area contributed by atoms with Crippen molar-refractivity contribution in [1.29, 1.82) is 0 Å². The normalized spacial score (nSPS) is 10.8. The number of benzene rings is 1. The van der Waals surface area contributed by atoms with Crippen molar-refractivity contribution in [3.05, 3.63) is 64.7 Å². The smallest absolute Gasteiger partial charge is 0.160 e. The molecular formula is C20H23ClN6. The summed E-state index contributed by atoms with van der Waals surface area (Å²) in [5, 5.41) is 14.4. The molecule has 4 rings (SSSR count). The van der Waals surface area contributed by atoms with E-state index in [9.17, 15) is 0 Å². The lowest BCUT2D eigenvalue weighted by Crippen LogP contribution is -2.05. The zero-order chi connectivity index (χ0) is 18.3. The number of nitrogens with zero attached hydrogens (tertiary/aromatic N) is 4. The van der Waals surface area contributed by atoms with E-state index in [2.05, 4.69) is 76.4 Å². The van der Waals surface area contributed by atoms with E-state index in [-0.39, 0.29) is 12.4 Å². The van der Waals surface area contributed by atoms with Crippen LogP contribution in [0.1, 0.15) is 28.1 Å². The second-order valence-electron chi connectivity index (χ2n) is 6.70. The van der Waals surface area contributed by atoms with Crippen LogP contribution in [0, 0.1) is 27.7 Å². The number of aromatic amines is 1. The maximum Gasteiger partial charge on any atom is 0.160 e. The van der Waals surface area contributed by atoms with Crippen molar-refractivity contribution in [3.63, 3.8) is 0 Å². The molecule has 1 aromatic carbocycles.